The molecule has 1 heteroatoms. The molecule has 0 saturated carbocycles. The lowest BCUT2D eigenvalue weighted by molar-refractivity contribution is 1.53. The van der Waals surface area contributed by atoms with E-state index in [-0.39, 0.29) is 0 Å². The van der Waals surface area contributed by atoms with E-state index in [1.807, 2.05) is 12.1 Å². The summed E-state index contributed by atoms with van der Waals surface area (Å²) in [6.07, 6.45) is 0. The molecule has 0 spiro atoms. The molecule has 1 aliphatic carbocycles. The molecule has 0 aromatic heterocycles. The first-order valence-electron chi connectivity index (χ1n) is 11.4. The predicted molar refractivity (Wildman–Crippen MR) is 141 cm³/mol. The molecule has 0 radical (unpaired) electrons. The summed E-state index contributed by atoms with van der Waals surface area (Å²) >= 11 is 0. The fourth-order valence-corrected chi connectivity index (χ4v) is 5.95. The monoisotopic (exact) mass is 419 g/mol. The van der Waals surface area contributed by atoms with Gasteiger partial charge in [0.1, 0.15) is 0 Å². The molecule has 33 heavy (non-hydrogen) atoms. The molecule has 0 N–H and O–H groups in total. The van der Waals surface area contributed by atoms with Crippen LogP contribution >= 0.6 is 0 Å². The van der Waals surface area contributed by atoms with Crippen molar-refractivity contribution in [2.24, 2.45) is 0 Å². The SMILES string of the molecule is [C-]#[N+]c1ccc2c(c1)c(C)cc1c3cc4c(cc3c(C)cc21)-c1cccc2c(C)ccc-4c12. The first-order chi connectivity index (χ1) is 16.0. The van der Waals surface area contributed by atoms with Gasteiger partial charge in [-0.25, -0.2) is 4.85 Å². The first-order valence-corrected chi connectivity index (χ1v) is 11.4. The van der Waals surface area contributed by atoms with Gasteiger partial charge >= 0.3 is 0 Å². The zero-order chi connectivity index (χ0) is 22.4. The van der Waals surface area contributed by atoms with Crippen molar-refractivity contribution in [3.63, 3.8) is 0 Å². The maximum absolute atomic E-state index is 7.41. The van der Waals surface area contributed by atoms with Gasteiger partial charge in [-0.3, -0.25) is 0 Å². The number of hydrogen-bond acceptors (Lipinski definition) is 0. The third-order valence-electron chi connectivity index (χ3n) is 7.57. The largest absolute Gasteiger partial charge is 0.238 e. The second-order valence-electron chi connectivity index (χ2n) is 9.43. The van der Waals surface area contributed by atoms with Crippen LogP contribution in [0.3, 0.4) is 0 Å². The molecule has 7 rings (SSSR count). The molecule has 0 saturated heterocycles. The second kappa shape index (κ2) is 6.21. The van der Waals surface area contributed by atoms with Crippen LogP contribution in [0.15, 0.2) is 72.8 Å². The summed E-state index contributed by atoms with van der Waals surface area (Å²) in [6, 6.07) is 26.8. The Morgan fingerprint density at radius 2 is 1.12 bits per heavy atom. The standard InChI is InChI=1S/C32H21N/c1-17-8-10-24-30-16-31-26(15-29(30)23-7-5-6-21(17)32(23)24)19(3)12-27-22-11-9-20(33-4)14-25(22)18(2)13-28(27)31/h5-16H,1-3H3. The van der Waals surface area contributed by atoms with Crippen molar-refractivity contribution in [3.8, 4) is 22.3 Å². The lowest BCUT2D eigenvalue weighted by atomic mass is 9.89. The van der Waals surface area contributed by atoms with Gasteiger partial charge in [-0.1, -0.05) is 54.6 Å². The number of benzene rings is 6. The van der Waals surface area contributed by atoms with E-state index in [0.717, 1.165) is 0 Å². The minimum atomic E-state index is 0.696. The van der Waals surface area contributed by atoms with Gasteiger partial charge in [-0.05, 0) is 121 Å². The number of fused-ring (bicyclic) bond motifs is 8. The van der Waals surface area contributed by atoms with Crippen molar-refractivity contribution < 1.29 is 0 Å². The third-order valence-corrected chi connectivity index (χ3v) is 7.57. The quantitative estimate of drug-likeness (QED) is 0.170. The summed E-state index contributed by atoms with van der Waals surface area (Å²) < 4.78 is 0. The van der Waals surface area contributed by atoms with E-state index >= 15 is 0 Å². The highest BCUT2D eigenvalue weighted by molar-refractivity contribution is 6.23. The Labute approximate surface area is 192 Å². The van der Waals surface area contributed by atoms with Crippen molar-refractivity contribution in [1.29, 1.82) is 0 Å². The van der Waals surface area contributed by atoms with Gasteiger partial charge in [-0.2, -0.15) is 0 Å². The Kier molecular flexibility index (Phi) is 3.47. The molecule has 0 atom stereocenters. The molecule has 0 unspecified atom stereocenters. The van der Waals surface area contributed by atoms with Gasteiger partial charge in [0.25, 0.3) is 0 Å². The topological polar surface area (TPSA) is 4.36 Å². The van der Waals surface area contributed by atoms with Crippen LogP contribution in [0.25, 0.3) is 70.2 Å². The molecule has 154 valence electrons. The van der Waals surface area contributed by atoms with Gasteiger partial charge in [0.2, 0.25) is 0 Å². The van der Waals surface area contributed by atoms with E-state index in [4.69, 9.17) is 6.57 Å². The van der Waals surface area contributed by atoms with Gasteiger partial charge in [0.05, 0.1) is 6.57 Å². The minimum absolute atomic E-state index is 0.696. The fraction of sp³-hybridized carbons (Fsp3) is 0.0938. The Morgan fingerprint density at radius 3 is 1.88 bits per heavy atom. The Bertz CT molecular complexity index is 1900. The average molecular weight is 420 g/mol. The van der Waals surface area contributed by atoms with Crippen molar-refractivity contribution in [2.45, 2.75) is 20.8 Å². The van der Waals surface area contributed by atoms with Crippen LogP contribution < -0.4 is 0 Å². The molecular formula is C32H21N. The summed E-state index contributed by atoms with van der Waals surface area (Å²) in [5, 5.41) is 10.3. The number of nitrogens with zero attached hydrogens (tertiary/aromatic N) is 1. The summed E-state index contributed by atoms with van der Waals surface area (Å²) in [5.74, 6) is 0. The lowest BCUT2D eigenvalue weighted by Gasteiger charge is -2.15. The van der Waals surface area contributed by atoms with Crippen LogP contribution in [0, 0.1) is 27.3 Å². The van der Waals surface area contributed by atoms with Gasteiger partial charge < -0.3 is 0 Å². The zero-order valence-corrected chi connectivity index (χ0v) is 18.9. The highest BCUT2D eigenvalue weighted by atomic mass is 14.6. The van der Waals surface area contributed by atoms with Crippen LogP contribution in [0.1, 0.15) is 16.7 Å². The van der Waals surface area contributed by atoms with Crippen molar-refractivity contribution in [1.82, 2.24) is 0 Å². The number of aryl methyl sites for hydroxylation is 3. The molecule has 6 aromatic carbocycles. The lowest BCUT2D eigenvalue weighted by Crippen LogP contribution is -1.89. The summed E-state index contributed by atoms with van der Waals surface area (Å²) in [6.45, 7) is 14.0. The second-order valence-corrected chi connectivity index (χ2v) is 9.43. The molecule has 0 amide bonds. The molecule has 0 fully saturated rings. The van der Waals surface area contributed by atoms with Gasteiger partial charge in [-0.15, -0.1) is 0 Å². The molecular weight excluding hydrogens is 398 g/mol. The molecule has 6 aromatic rings. The molecule has 0 heterocycles. The van der Waals surface area contributed by atoms with E-state index in [9.17, 15) is 0 Å². The Morgan fingerprint density at radius 1 is 0.485 bits per heavy atom. The number of rotatable bonds is 0. The summed E-state index contributed by atoms with van der Waals surface area (Å²) in [4.78, 5) is 3.64. The minimum Gasteiger partial charge on any atom is -0.238 e. The van der Waals surface area contributed by atoms with Crippen LogP contribution in [0.5, 0.6) is 0 Å². The normalized spacial score (nSPS) is 12.1. The van der Waals surface area contributed by atoms with E-state index < -0.39 is 0 Å². The first kappa shape index (κ1) is 18.4. The smallest absolute Gasteiger partial charge is 0.187 e. The predicted octanol–water partition coefficient (Wildman–Crippen LogP) is 9.42. The molecule has 1 aliphatic rings. The molecule has 0 aliphatic heterocycles. The molecule has 1 nitrogen and oxygen atoms in total. The average Bonchev–Trinajstić information content (AvgIpc) is 3.15. The highest BCUT2D eigenvalue weighted by Gasteiger charge is 2.23. The summed E-state index contributed by atoms with van der Waals surface area (Å²) in [5.41, 5.74) is 9.91. The van der Waals surface area contributed by atoms with Crippen molar-refractivity contribution in [3.05, 3.63) is 101 Å². The van der Waals surface area contributed by atoms with Crippen molar-refractivity contribution >= 4 is 48.8 Å². The summed E-state index contributed by atoms with van der Waals surface area (Å²) in [7, 11) is 0. The zero-order valence-electron chi connectivity index (χ0n) is 18.9. The van der Waals surface area contributed by atoms with Crippen LogP contribution in [-0.2, 0) is 0 Å². The van der Waals surface area contributed by atoms with E-state index in [1.165, 1.54) is 82.0 Å². The Hall–Kier alpha value is -4.15. The molecule has 0 bridgehead atoms. The maximum Gasteiger partial charge on any atom is 0.187 e. The van der Waals surface area contributed by atoms with Gasteiger partial charge in [0, 0.05) is 0 Å². The highest BCUT2D eigenvalue weighted by Crippen LogP contribution is 2.50. The van der Waals surface area contributed by atoms with Gasteiger partial charge in [0.15, 0.2) is 5.69 Å². The van der Waals surface area contributed by atoms with E-state index in [0.29, 0.717) is 5.69 Å². The van der Waals surface area contributed by atoms with Crippen molar-refractivity contribution in [2.75, 3.05) is 0 Å². The maximum atomic E-state index is 7.41. The van der Waals surface area contributed by atoms with E-state index in [2.05, 4.69) is 86.3 Å². The number of hydrogen-bond donors (Lipinski definition) is 0. The Balaban J connectivity index is 1.65. The fourth-order valence-electron chi connectivity index (χ4n) is 5.95. The van der Waals surface area contributed by atoms with Crippen LogP contribution in [0.4, 0.5) is 5.69 Å². The van der Waals surface area contributed by atoms with E-state index in [1.54, 1.807) is 0 Å². The van der Waals surface area contributed by atoms with Crippen LogP contribution in [-0.4, -0.2) is 0 Å². The third kappa shape index (κ3) is 2.31. The van der Waals surface area contributed by atoms with Crippen LogP contribution in [0.2, 0.25) is 0 Å².